The van der Waals surface area contributed by atoms with Crippen LogP contribution >= 0.6 is 0 Å². The fourth-order valence-corrected chi connectivity index (χ4v) is 3.61. The number of likely N-dealkylation sites (tertiary alicyclic amines) is 1. The molecule has 28 heavy (non-hydrogen) atoms. The van der Waals surface area contributed by atoms with Crippen molar-refractivity contribution in [3.63, 3.8) is 0 Å². The van der Waals surface area contributed by atoms with Crippen molar-refractivity contribution >= 4 is 17.6 Å². The van der Waals surface area contributed by atoms with Gasteiger partial charge in [0, 0.05) is 38.1 Å². The standard InChI is InChI=1S/C21H29N5O2/c1-3-26-19(8-12-23-26)20(27)22-11-7-17-9-13-25(14-10-17)21(28)24-18-6-4-5-16(2)15-18/h4-6,8,12,15,17H,3,7,9-11,13-14H2,1-2H3,(H,22,27)(H,24,28). The molecular formula is C21H29N5O2. The van der Waals surface area contributed by atoms with Crippen LogP contribution in [0.25, 0.3) is 0 Å². The van der Waals surface area contributed by atoms with Crippen LogP contribution in [0.4, 0.5) is 10.5 Å². The van der Waals surface area contributed by atoms with Crippen molar-refractivity contribution in [1.82, 2.24) is 20.0 Å². The molecule has 1 fully saturated rings. The number of hydrogen-bond acceptors (Lipinski definition) is 3. The lowest BCUT2D eigenvalue weighted by molar-refractivity contribution is 0.0939. The van der Waals surface area contributed by atoms with Crippen LogP contribution in [0.15, 0.2) is 36.5 Å². The summed E-state index contributed by atoms with van der Waals surface area (Å²) in [4.78, 5) is 26.5. The average Bonchev–Trinajstić information content (AvgIpc) is 3.17. The molecule has 0 unspecified atom stereocenters. The second-order valence-electron chi connectivity index (χ2n) is 7.31. The van der Waals surface area contributed by atoms with Crippen LogP contribution in [0.3, 0.4) is 0 Å². The molecule has 1 aromatic carbocycles. The highest BCUT2D eigenvalue weighted by molar-refractivity contribution is 5.92. The van der Waals surface area contributed by atoms with Crippen molar-refractivity contribution in [2.75, 3.05) is 25.0 Å². The SMILES string of the molecule is CCn1nccc1C(=O)NCCC1CCN(C(=O)Nc2cccc(C)c2)CC1. The van der Waals surface area contributed by atoms with Gasteiger partial charge in [-0.25, -0.2) is 4.79 Å². The van der Waals surface area contributed by atoms with Gasteiger partial charge in [-0.3, -0.25) is 9.48 Å². The van der Waals surface area contributed by atoms with E-state index in [1.807, 2.05) is 43.0 Å². The zero-order valence-corrected chi connectivity index (χ0v) is 16.6. The molecule has 0 bridgehead atoms. The minimum Gasteiger partial charge on any atom is -0.351 e. The molecule has 2 aromatic rings. The molecule has 0 radical (unpaired) electrons. The molecule has 2 N–H and O–H groups in total. The van der Waals surface area contributed by atoms with Crippen LogP contribution in [-0.4, -0.2) is 46.3 Å². The highest BCUT2D eigenvalue weighted by atomic mass is 16.2. The first-order valence-corrected chi connectivity index (χ1v) is 9.99. The average molecular weight is 383 g/mol. The van der Waals surface area contributed by atoms with Crippen molar-refractivity contribution in [1.29, 1.82) is 0 Å². The zero-order valence-electron chi connectivity index (χ0n) is 16.6. The molecule has 0 saturated carbocycles. The second-order valence-corrected chi connectivity index (χ2v) is 7.31. The Morgan fingerprint density at radius 2 is 2.00 bits per heavy atom. The number of carbonyl (C=O) groups is 2. The molecule has 0 aliphatic carbocycles. The predicted octanol–water partition coefficient (Wildman–Crippen LogP) is 3.28. The summed E-state index contributed by atoms with van der Waals surface area (Å²) in [6.45, 7) is 6.80. The number of anilines is 1. The fourth-order valence-electron chi connectivity index (χ4n) is 3.61. The number of nitrogens with one attached hydrogen (secondary N) is 2. The third kappa shape index (κ3) is 5.12. The fraction of sp³-hybridized carbons (Fsp3) is 0.476. The summed E-state index contributed by atoms with van der Waals surface area (Å²) in [5.41, 5.74) is 2.56. The van der Waals surface area contributed by atoms with Gasteiger partial charge < -0.3 is 15.5 Å². The van der Waals surface area contributed by atoms with E-state index in [1.165, 1.54) is 0 Å². The maximum Gasteiger partial charge on any atom is 0.321 e. The maximum absolute atomic E-state index is 12.4. The van der Waals surface area contributed by atoms with Gasteiger partial charge in [-0.1, -0.05) is 12.1 Å². The Morgan fingerprint density at radius 1 is 1.21 bits per heavy atom. The summed E-state index contributed by atoms with van der Waals surface area (Å²) in [5.74, 6) is 0.453. The Labute approximate surface area is 166 Å². The number of hydrogen-bond donors (Lipinski definition) is 2. The van der Waals surface area contributed by atoms with E-state index in [0.29, 0.717) is 24.7 Å². The van der Waals surface area contributed by atoms with Crippen molar-refractivity contribution in [3.05, 3.63) is 47.8 Å². The lowest BCUT2D eigenvalue weighted by Crippen LogP contribution is -2.41. The summed E-state index contributed by atoms with van der Waals surface area (Å²) in [6, 6.07) is 9.53. The molecule has 1 aliphatic heterocycles. The summed E-state index contributed by atoms with van der Waals surface area (Å²) >= 11 is 0. The lowest BCUT2D eigenvalue weighted by Gasteiger charge is -2.32. The molecular weight excluding hydrogens is 354 g/mol. The Morgan fingerprint density at radius 3 is 2.71 bits per heavy atom. The van der Waals surface area contributed by atoms with Gasteiger partial charge in [0.15, 0.2) is 0 Å². The molecule has 1 aliphatic rings. The van der Waals surface area contributed by atoms with Crippen molar-refractivity contribution < 1.29 is 9.59 Å². The van der Waals surface area contributed by atoms with E-state index in [9.17, 15) is 9.59 Å². The molecule has 0 atom stereocenters. The quantitative estimate of drug-likeness (QED) is 0.803. The summed E-state index contributed by atoms with van der Waals surface area (Å²) < 4.78 is 1.70. The van der Waals surface area contributed by atoms with Gasteiger partial charge in [0.05, 0.1) is 0 Å². The van der Waals surface area contributed by atoms with Crippen LogP contribution < -0.4 is 10.6 Å². The zero-order chi connectivity index (χ0) is 19.9. The van der Waals surface area contributed by atoms with E-state index in [4.69, 9.17) is 0 Å². The first kappa shape index (κ1) is 19.9. The Kier molecular flexibility index (Phi) is 6.68. The van der Waals surface area contributed by atoms with Gasteiger partial charge in [-0.2, -0.15) is 5.10 Å². The van der Waals surface area contributed by atoms with Gasteiger partial charge in [-0.15, -0.1) is 0 Å². The molecule has 150 valence electrons. The number of aryl methyl sites for hydroxylation is 2. The van der Waals surface area contributed by atoms with Gasteiger partial charge in [0.25, 0.3) is 5.91 Å². The van der Waals surface area contributed by atoms with E-state index >= 15 is 0 Å². The van der Waals surface area contributed by atoms with Crippen LogP contribution in [0.5, 0.6) is 0 Å². The van der Waals surface area contributed by atoms with E-state index in [1.54, 1.807) is 16.9 Å². The molecule has 2 heterocycles. The molecule has 7 heteroatoms. The van der Waals surface area contributed by atoms with Crippen molar-refractivity contribution in [2.24, 2.45) is 5.92 Å². The Balaban J connectivity index is 1.38. The van der Waals surface area contributed by atoms with Gasteiger partial charge >= 0.3 is 6.03 Å². The summed E-state index contributed by atoms with van der Waals surface area (Å²) in [5, 5.41) is 10.1. The number of aromatic nitrogens is 2. The Hall–Kier alpha value is -2.83. The number of amides is 3. The third-order valence-electron chi connectivity index (χ3n) is 5.26. The van der Waals surface area contributed by atoms with Gasteiger partial charge in [-0.05, 0) is 62.8 Å². The van der Waals surface area contributed by atoms with Crippen LogP contribution in [0.2, 0.25) is 0 Å². The highest BCUT2D eigenvalue weighted by Gasteiger charge is 2.23. The number of urea groups is 1. The molecule has 1 saturated heterocycles. The van der Waals surface area contributed by atoms with E-state index in [-0.39, 0.29) is 11.9 Å². The lowest BCUT2D eigenvalue weighted by atomic mass is 9.93. The number of piperidine rings is 1. The monoisotopic (exact) mass is 383 g/mol. The van der Waals surface area contributed by atoms with Crippen LogP contribution in [0.1, 0.15) is 42.2 Å². The number of carbonyl (C=O) groups excluding carboxylic acids is 2. The minimum absolute atomic E-state index is 0.0369. The van der Waals surface area contributed by atoms with E-state index in [0.717, 1.165) is 43.6 Å². The predicted molar refractivity (Wildman–Crippen MR) is 109 cm³/mol. The first-order valence-electron chi connectivity index (χ1n) is 9.99. The summed E-state index contributed by atoms with van der Waals surface area (Å²) in [6.07, 6.45) is 4.50. The minimum atomic E-state index is -0.0747. The van der Waals surface area contributed by atoms with Crippen molar-refractivity contribution in [2.45, 2.75) is 39.7 Å². The van der Waals surface area contributed by atoms with Crippen LogP contribution in [-0.2, 0) is 6.54 Å². The maximum atomic E-state index is 12.4. The molecule has 7 nitrogen and oxygen atoms in total. The topological polar surface area (TPSA) is 79.3 Å². The number of benzene rings is 1. The van der Waals surface area contributed by atoms with E-state index in [2.05, 4.69) is 15.7 Å². The van der Waals surface area contributed by atoms with E-state index < -0.39 is 0 Å². The normalized spacial score (nSPS) is 14.7. The smallest absolute Gasteiger partial charge is 0.321 e. The molecule has 1 aromatic heterocycles. The molecule has 0 spiro atoms. The van der Waals surface area contributed by atoms with Gasteiger partial charge in [0.2, 0.25) is 0 Å². The number of rotatable bonds is 6. The van der Waals surface area contributed by atoms with Crippen LogP contribution in [0, 0.1) is 12.8 Å². The first-order chi connectivity index (χ1) is 13.6. The van der Waals surface area contributed by atoms with Crippen molar-refractivity contribution in [3.8, 4) is 0 Å². The molecule has 3 amide bonds. The molecule has 3 rings (SSSR count). The van der Waals surface area contributed by atoms with Gasteiger partial charge in [0.1, 0.15) is 5.69 Å². The third-order valence-corrected chi connectivity index (χ3v) is 5.26. The highest BCUT2D eigenvalue weighted by Crippen LogP contribution is 2.21. The largest absolute Gasteiger partial charge is 0.351 e. The summed E-state index contributed by atoms with van der Waals surface area (Å²) in [7, 11) is 0. The Bertz CT molecular complexity index is 809. The second kappa shape index (κ2) is 9.39. The number of nitrogens with zero attached hydrogens (tertiary/aromatic N) is 3.